The van der Waals surface area contributed by atoms with Crippen LogP contribution in [0.3, 0.4) is 0 Å². The largest absolute Gasteiger partial charge is 0.353 e. The Morgan fingerprint density at radius 3 is 2.43 bits per heavy atom. The molecule has 0 saturated carbocycles. The Balaban J connectivity index is 2.05. The molecule has 114 valence electrons. The van der Waals surface area contributed by atoms with Crippen LogP contribution in [0, 0.1) is 0 Å². The summed E-state index contributed by atoms with van der Waals surface area (Å²) in [5, 5.41) is 5.07. The van der Waals surface area contributed by atoms with Crippen molar-refractivity contribution in [1.29, 1.82) is 0 Å². The van der Waals surface area contributed by atoms with Crippen molar-refractivity contribution in [3.8, 4) is 0 Å². The van der Waals surface area contributed by atoms with Crippen LogP contribution >= 0.6 is 0 Å². The summed E-state index contributed by atoms with van der Waals surface area (Å²) in [5.41, 5.74) is 0.693. The van der Waals surface area contributed by atoms with E-state index in [-0.39, 0.29) is 18.1 Å². The van der Waals surface area contributed by atoms with Crippen LogP contribution in [0.2, 0.25) is 0 Å². The zero-order valence-electron chi connectivity index (χ0n) is 12.2. The van der Waals surface area contributed by atoms with Crippen LogP contribution in [-0.2, 0) is 14.4 Å². The van der Waals surface area contributed by atoms with Gasteiger partial charge in [-0.1, -0.05) is 12.8 Å². The van der Waals surface area contributed by atoms with Crippen LogP contribution in [0.25, 0.3) is 0 Å². The van der Waals surface area contributed by atoms with Crippen LogP contribution in [0.1, 0.15) is 38.5 Å². The number of nitrogens with one attached hydrogen (secondary N) is 2. The minimum Gasteiger partial charge on any atom is -0.353 e. The zero-order valence-corrected chi connectivity index (χ0v) is 12.2. The molecule has 0 atom stereocenters. The molecule has 0 aliphatic heterocycles. The van der Waals surface area contributed by atoms with Gasteiger partial charge in [-0.3, -0.25) is 19.4 Å². The van der Waals surface area contributed by atoms with Crippen molar-refractivity contribution in [3.05, 3.63) is 24.5 Å². The number of amides is 2. The third-order valence-corrected chi connectivity index (χ3v) is 2.98. The molecule has 2 N–H and O–H groups in total. The predicted molar refractivity (Wildman–Crippen MR) is 79.6 cm³/mol. The third kappa shape index (κ3) is 7.20. The number of ketones is 1. The van der Waals surface area contributed by atoms with E-state index in [0.717, 1.165) is 19.3 Å². The summed E-state index contributed by atoms with van der Waals surface area (Å²) in [6.07, 6.45) is 7.10. The van der Waals surface area contributed by atoms with Gasteiger partial charge in [0.2, 0.25) is 11.7 Å². The fourth-order valence-electron chi connectivity index (χ4n) is 1.84. The number of hydrogen-bond donors (Lipinski definition) is 2. The SMILES string of the molecule is CNC(=O)C(=O)CCCCCCC(=O)Nc1cccnc1. The highest BCUT2D eigenvalue weighted by molar-refractivity contribution is 6.36. The van der Waals surface area contributed by atoms with Gasteiger partial charge >= 0.3 is 0 Å². The van der Waals surface area contributed by atoms with E-state index in [4.69, 9.17) is 0 Å². The Kier molecular flexibility index (Phi) is 7.71. The average molecular weight is 291 g/mol. The lowest BCUT2D eigenvalue weighted by atomic mass is 10.1. The van der Waals surface area contributed by atoms with E-state index >= 15 is 0 Å². The minimum atomic E-state index is -0.536. The summed E-state index contributed by atoms with van der Waals surface area (Å²) >= 11 is 0. The topological polar surface area (TPSA) is 88.2 Å². The molecule has 0 spiro atoms. The zero-order chi connectivity index (χ0) is 15.5. The lowest BCUT2D eigenvalue weighted by Gasteiger charge is -2.04. The molecule has 0 fully saturated rings. The summed E-state index contributed by atoms with van der Waals surface area (Å²) in [7, 11) is 1.45. The Morgan fingerprint density at radius 1 is 1.10 bits per heavy atom. The molecule has 1 heterocycles. The number of aromatic nitrogens is 1. The maximum atomic E-state index is 11.6. The van der Waals surface area contributed by atoms with E-state index in [1.54, 1.807) is 24.5 Å². The highest BCUT2D eigenvalue weighted by atomic mass is 16.2. The lowest BCUT2D eigenvalue weighted by molar-refractivity contribution is -0.137. The Labute approximate surface area is 124 Å². The molecule has 0 aliphatic rings. The van der Waals surface area contributed by atoms with Crippen LogP contribution in [0.5, 0.6) is 0 Å². The Morgan fingerprint density at radius 2 is 1.81 bits per heavy atom. The molecule has 0 radical (unpaired) electrons. The van der Waals surface area contributed by atoms with Gasteiger partial charge in [0, 0.05) is 26.1 Å². The Hall–Kier alpha value is -2.24. The average Bonchev–Trinajstić information content (AvgIpc) is 2.50. The van der Waals surface area contributed by atoms with E-state index in [9.17, 15) is 14.4 Å². The van der Waals surface area contributed by atoms with Gasteiger partial charge in [-0.15, -0.1) is 0 Å². The van der Waals surface area contributed by atoms with Gasteiger partial charge in [-0.05, 0) is 25.0 Å². The number of likely N-dealkylation sites (N-methyl/N-ethyl adjacent to an activating group) is 1. The van der Waals surface area contributed by atoms with E-state index in [1.165, 1.54) is 7.05 Å². The summed E-state index contributed by atoms with van der Waals surface area (Å²) < 4.78 is 0. The van der Waals surface area contributed by atoms with Gasteiger partial charge in [0.15, 0.2) is 0 Å². The molecule has 0 unspecified atom stereocenters. The predicted octanol–water partition coefficient (Wildman–Crippen LogP) is 1.68. The first-order valence-electron chi connectivity index (χ1n) is 7.08. The highest BCUT2D eigenvalue weighted by Gasteiger charge is 2.10. The first-order valence-corrected chi connectivity index (χ1v) is 7.08. The number of unbranched alkanes of at least 4 members (excludes halogenated alkanes) is 3. The van der Waals surface area contributed by atoms with Gasteiger partial charge in [-0.2, -0.15) is 0 Å². The van der Waals surface area contributed by atoms with Crippen molar-refractivity contribution in [3.63, 3.8) is 0 Å². The first-order chi connectivity index (χ1) is 10.1. The maximum Gasteiger partial charge on any atom is 0.287 e. The number of nitrogens with zero attached hydrogens (tertiary/aromatic N) is 1. The van der Waals surface area contributed by atoms with Crippen molar-refractivity contribution < 1.29 is 14.4 Å². The summed E-state index contributed by atoms with van der Waals surface area (Å²) in [6.45, 7) is 0. The highest BCUT2D eigenvalue weighted by Crippen LogP contribution is 2.08. The standard InChI is InChI=1S/C15H21N3O3/c1-16-15(21)13(19)8-4-2-3-5-9-14(20)18-12-7-6-10-17-11-12/h6-7,10-11H,2-5,8-9H2,1H3,(H,16,21)(H,18,20). The van der Waals surface area contributed by atoms with Gasteiger partial charge in [0.25, 0.3) is 5.91 Å². The quantitative estimate of drug-likeness (QED) is 0.535. The second-order valence-electron chi connectivity index (χ2n) is 4.71. The van der Waals surface area contributed by atoms with Gasteiger partial charge in [0.1, 0.15) is 0 Å². The fourth-order valence-corrected chi connectivity index (χ4v) is 1.84. The normalized spacial score (nSPS) is 9.95. The van der Waals surface area contributed by atoms with Crippen molar-refractivity contribution in [2.24, 2.45) is 0 Å². The number of hydrogen-bond acceptors (Lipinski definition) is 4. The summed E-state index contributed by atoms with van der Waals surface area (Å²) in [4.78, 5) is 37.8. The van der Waals surface area contributed by atoms with Crippen LogP contribution in [-0.4, -0.2) is 29.6 Å². The molecular weight excluding hydrogens is 270 g/mol. The van der Waals surface area contributed by atoms with E-state index < -0.39 is 5.91 Å². The molecule has 1 aromatic heterocycles. The van der Waals surface area contributed by atoms with Crippen LogP contribution in [0.15, 0.2) is 24.5 Å². The second kappa shape index (κ2) is 9.63. The minimum absolute atomic E-state index is 0.0376. The van der Waals surface area contributed by atoms with E-state index in [1.807, 2.05) is 0 Å². The smallest absolute Gasteiger partial charge is 0.287 e. The molecule has 1 aromatic rings. The first kappa shape index (κ1) is 16.8. The van der Waals surface area contributed by atoms with Crippen molar-refractivity contribution in [2.75, 3.05) is 12.4 Å². The molecule has 6 nitrogen and oxygen atoms in total. The number of carbonyl (C=O) groups is 3. The van der Waals surface area contributed by atoms with E-state index in [2.05, 4.69) is 15.6 Å². The lowest BCUT2D eigenvalue weighted by Crippen LogP contribution is -2.27. The Bertz CT molecular complexity index is 474. The molecule has 0 aliphatic carbocycles. The number of rotatable bonds is 9. The fraction of sp³-hybridized carbons (Fsp3) is 0.467. The number of anilines is 1. The maximum absolute atomic E-state index is 11.6. The second-order valence-corrected chi connectivity index (χ2v) is 4.71. The molecule has 0 aromatic carbocycles. The van der Waals surface area contributed by atoms with Crippen molar-refractivity contribution in [1.82, 2.24) is 10.3 Å². The molecule has 2 amide bonds. The van der Waals surface area contributed by atoms with Crippen molar-refractivity contribution in [2.45, 2.75) is 38.5 Å². The molecular formula is C15H21N3O3. The number of Topliss-reactive ketones (excluding diaryl/α,β-unsaturated/α-hetero) is 1. The van der Waals surface area contributed by atoms with Gasteiger partial charge < -0.3 is 10.6 Å². The number of carbonyl (C=O) groups excluding carboxylic acids is 3. The molecule has 0 bridgehead atoms. The van der Waals surface area contributed by atoms with Crippen LogP contribution < -0.4 is 10.6 Å². The molecule has 1 rings (SSSR count). The molecule has 0 saturated heterocycles. The number of pyridine rings is 1. The molecule has 6 heteroatoms. The summed E-state index contributed by atoms with van der Waals surface area (Å²) in [5.74, 6) is -0.956. The summed E-state index contributed by atoms with van der Waals surface area (Å²) in [6, 6.07) is 3.55. The van der Waals surface area contributed by atoms with Crippen LogP contribution in [0.4, 0.5) is 5.69 Å². The molecule has 21 heavy (non-hydrogen) atoms. The van der Waals surface area contributed by atoms with Gasteiger partial charge in [0.05, 0.1) is 11.9 Å². The monoisotopic (exact) mass is 291 g/mol. The third-order valence-electron chi connectivity index (χ3n) is 2.98. The van der Waals surface area contributed by atoms with Gasteiger partial charge in [-0.25, -0.2) is 0 Å². The van der Waals surface area contributed by atoms with Crippen molar-refractivity contribution >= 4 is 23.3 Å². The van der Waals surface area contributed by atoms with E-state index in [0.29, 0.717) is 18.5 Å².